The molecule has 6 heteroatoms. The summed E-state index contributed by atoms with van der Waals surface area (Å²) in [4.78, 5) is 14.2. The first-order valence-corrected chi connectivity index (χ1v) is 7.87. The number of nitrogens with one attached hydrogen (secondary N) is 1. The van der Waals surface area contributed by atoms with E-state index in [0.29, 0.717) is 0 Å². The average Bonchev–Trinajstić information content (AvgIpc) is 2.50. The Bertz CT molecular complexity index is 302. The van der Waals surface area contributed by atoms with Gasteiger partial charge in [0, 0.05) is 18.5 Å². The molecule has 1 rings (SSSR count). The van der Waals surface area contributed by atoms with E-state index in [1.807, 2.05) is 20.8 Å². The van der Waals surface area contributed by atoms with Crippen molar-refractivity contribution in [2.75, 3.05) is 13.1 Å². The summed E-state index contributed by atoms with van der Waals surface area (Å²) in [6.07, 6.45) is 3.96. The fraction of sp³-hybridized carbons (Fsp3) is 0.923. The minimum atomic E-state index is -1.52. The lowest BCUT2D eigenvalue weighted by molar-refractivity contribution is -0.130. The summed E-state index contributed by atoms with van der Waals surface area (Å²) >= 11 is 18.2. The Kier molecular flexibility index (Phi) is 6.25. The maximum absolute atomic E-state index is 12.1. The molecule has 1 atom stereocenters. The van der Waals surface area contributed by atoms with Gasteiger partial charge in [0.05, 0.1) is 0 Å². The van der Waals surface area contributed by atoms with E-state index < -0.39 is 15.4 Å². The molecule has 0 bridgehead atoms. The van der Waals surface area contributed by atoms with Crippen LogP contribution in [0.2, 0.25) is 0 Å². The Morgan fingerprint density at radius 1 is 1.05 bits per heavy atom. The zero-order chi connectivity index (χ0) is 14.7. The molecule has 0 spiro atoms. The molecule has 1 N–H and O–H groups in total. The molecule has 1 heterocycles. The van der Waals surface area contributed by atoms with Gasteiger partial charge in [-0.15, -0.1) is 0 Å². The van der Waals surface area contributed by atoms with Gasteiger partial charge in [-0.1, -0.05) is 68.4 Å². The monoisotopic (exact) mass is 328 g/mol. The van der Waals surface area contributed by atoms with Gasteiger partial charge >= 0.3 is 0 Å². The Labute approximate surface area is 130 Å². The maximum Gasteiger partial charge on any atom is 0.226 e. The normalized spacial score (nSPS) is 20.7. The van der Waals surface area contributed by atoms with Crippen molar-refractivity contribution in [2.24, 2.45) is 5.41 Å². The lowest BCUT2D eigenvalue weighted by atomic mass is 9.95. The molecule has 0 aromatic rings. The van der Waals surface area contributed by atoms with Crippen LogP contribution in [0.4, 0.5) is 0 Å². The van der Waals surface area contributed by atoms with Gasteiger partial charge in [-0.3, -0.25) is 9.69 Å². The third-order valence-electron chi connectivity index (χ3n) is 3.26. The van der Waals surface area contributed by atoms with Crippen LogP contribution in [0.3, 0.4) is 0 Å². The minimum Gasteiger partial charge on any atom is -0.336 e. The third-order valence-corrected chi connectivity index (χ3v) is 3.88. The molecule has 19 heavy (non-hydrogen) atoms. The summed E-state index contributed by atoms with van der Waals surface area (Å²) in [5.74, 6) is -0.104. The molecule has 1 amide bonds. The molecule has 1 aliphatic rings. The number of likely N-dealkylation sites (tertiary alicyclic amines) is 1. The molecular weight excluding hydrogens is 307 g/mol. The first-order valence-electron chi connectivity index (χ1n) is 6.74. The molecule has 1 saturated heterocycles. The summed E-state index contributed by atoms with van der Waals surface area (Å²) in [6.45, 7) is 7.24. The number of rotatable bonds is 2. The van der Waals surface area contributed by atoms with E-state index in [0.717, 1.165) is 25.9 Å². The van der Waals surface area contributed by atoms with E-state index >= 15 is 0 Å². The topological polar surface area (TPSA) is 32.3 Å². The minimum absolute atomic E-state index is 0.104. The Morgan fingerprint density at radius 2 is 1.53 bits per heavy atom. The quantitative estimate of drug-likeness (QED) is 0.783. The first-order chi connectivity index (χ1) is 8.62. The fourth-order valence-corrected chi connectivity index (χ4v) is 2.65. The summed E-state index contributed by atoms with van der Waals surface area (Å²) < 4.78 is -1.52. The molecular formula is C13H23Cl3N2O. The molecule has 3 nitrogen and oxygen atoms in total. The van der Waals surface area contributed by atoms with Crippen LogP contribution >= 0.6 is 34.8 Å². The summed E-state index contributed by atoms with van der Waals surface area (Å²) in [5.41, 5.74) is -0.500. The Morgan fingerprint density at radius 3 is 1.89 bits per heavy atom. The van der Waals surface area contributed by atoms with Crippen molar-refractivity contribution in [3.63, 3.8) is 0 Å². The number of hydrogen-bond donors (Lipinski definition) is 1. The highest BCUT2D eigenvalue weighted by molar-refractivity contribution is 6.68. The van der Waals surface area contributed by atoms with Crippen molar-refractivity contribution in [1.82, 2.24) is 10.2 Å². The standard InChI is InChI=1S/C13H23Cl3N2O/c1-12(2,3)11(19)17-10(13(14,15)16)18-8-6-4-5-7-9-18/h10H,4-9H2,1-3H3,(H,17,19). The van der Waals surface area contributed by atoms with Crippen LogP contribution in [-0.2, 0) is 4.79 Å². The van der Waals surface area contributed by atoms with Gasteiger partial charge < -0.3 is 5.32 Å². The van der Waals surface area contributed by atoms with Gasteiger partial charge in [0.15, 0.2) is 0 Å². The summed E-state index contributed by atoms with van der Waals surface area (Å²) in [7, 11) is 0. The Balaban J connectivity index is 2.80. The zero-order valence-corrected chi connectivity index (χ0v) is 14.1. The molecule has 0 aromatic heterocycles. The van der Waals surface area contributed by atoms with E-state index in [1.165, 1.54) is 12.8 Å². The van der Waals surface area contributed by atoms with Crippen LogP contribution in [0, 0.1) is 5.41 Å². The van der Waals surface area contributed by atoms with E-state index in [9.17, 15) is 4.79 Å². The summed E-state index contributed by atoms with van der Waals surface area (Å²) in [6, 6.07) is 0. The van der Waals surface area contributed by atoms with Crippen molar-refractivity contribution in [3.05, 3.63) is 0 Å². The predicted molar refractivity (Wildman–Crippen MR) is 81.7 cm³/mol. The zero-order valence-electron chi connectivity index (χ0n) is 11.8. The molecule has 0 aliphatic carbocycles. The average molecular weight is 330 g/mol. The largest absolute Gasteiger partial charge is 0.336 e. The number of alkyl halides is 3. The van der Waals surface area contributed by atoms with Gasteiger partial charge in [0.1, 0.15) is 6.17 Å². The van der Waals surface area contributed by atoms with Crippen molar-refractivity contribution < 1.29 is 4.79 Å². The van der Waals surface area contributed by atoms with Crippen molar-refractivity contribution in [1.29, 1.82) is 0 Å². The Hall–Kier alpha value is 0.300. The number of nitrogens with zero attached hydrogens (tertiary/aromatic N) is 1. The molecule has 0 aromatic carbocycles. The van der Waals surface area contributed by atoms with Crippen LogP contribution < -0.4 is 5.32 Å². The number of hydrogen-bond acceptors (Lipinski definition) is 2. The molecule has 112 valence electrons. The van der Waals surface area contributed by atoms with Gasteiger partial charge in [-0.2, -0.15) is 0 Å². The molecule has 1 unspecified atom stereocenters. The number of halogens is 3. The number of carbonyl (C=O) groups excluding carboxylic acids is 1. The highest BCUT2D eigenvalue weighted by atomic mass is 35.6. The smallest absolute Gasteiger partial charge is 0.226 e. The SMILES string of the molecule is CC(C)(C)C(=O)NC(N1CCCCCC1)C(Cl)(Cl)Cl. The van der Waals surface area contributed by atoms with Gasteiger partial charge in [0.25, 0.3) is 0 Å². The van der Waals surface area contributed by atoms with Crippen LogP contribution in [0.15, 0.2) is 0 Å². The highest BCUT2D eigenvalue weighted by Gasteiger charge is 2.40. The second kappa shape index (κ2) is 6.84. The van der Waals surface area contributed by atoms with E-state index in [4.69, 9.17) is 34.8 Å². The van der Waals surface area contributed by atoms with E-state index in [2.05, 4.69) is 10.2 Å². The molecule has 0 saturated carbocycles. The van der Waals surface area contributed by atoms with Crippen LogP contribution in [0.25, 0.3) is 0 Å². The van der Waals surface area contributed by atoms with Crippen LogP contribution in [0.1, 0.15) is 46.5 Å². The van der Waals surface area contributed by atoms with Gasteiger partial charge in [-0.25, -0.2) is 0 Å². The van der Waals surface area contributed by atoms with Gasteiger partial charge in [0.2, 0.25) is 9.70 Å². The van der Waals surface area contributed by atoms with Crippen molar-refractivity contribution in [2.45, 2.75) is 56.4 Å². The molecule has 0 radical (unpaired) electrons. The predicted octanol–water partition coefficient (Wildman–Crippen LogP) is 3.72. The summed E-state index contributed by atoms with van der Waals surface area (Å²) in [5, 5.41) is 2.89. The first kappa shape index (κ1) is 17.4. The van der Waals surface area contributed by atoms with Crippen LogP contribution in [0.5, 0.6) is 0 Å². The third kappa shape index (κ3) is 5.66. The number of carbonyl (C=O) groups is 1. The van der Waals surface area contributed by atoms with E-state index in [1.54, 1.807) is 0 Å². The van der Waals surface area contributed by atoms with Crippen molar-refractivity contribution in [3.8, 4) is 0 Å². The van der Waals surface area contributed by atoms with Gasteiger partial charge in [-0.05, 0) is 12.8 Å². The lowest BCUT2D eigenvalue weighted by Crippen LogP contribution is -2.57. The number of amides is 1. The second-order valence-corrected chi connectivity index (χ2v) is 8.49. The molecule has 1 fully saturated rings. The fourth-order valence-electron chi connectivity index (χ4n) is 2.07. The second-order valence-electron chi connectivity index (χ2n) is 6.12. The van der Waals surface area contributed by atoms with Crippen molar-refractivity contribution >= 4 is 40.7 Å². The molecule has 1 aliphatic heterocycles. The van der Waals surface area contributed by atoms with Crippen LogP contribution in [-0.4, -0.2) is 33.9 Å². The van der Waals surface area contributed by atoms with E-state index in [-0.39, 0.29) is 5.91 Å². The highest BCUT2D eigenvalue weighted by Crippen LogP contribution is 2.33. The maximum atomic E-state index is 12.1. The lowest BCUT2D eigenvalue weighted by Gasteiger charge is -2.37.